The highest BCUT2D eigenvalue weighted by Gasteiger charge is 2.42. The third-order valence-corrected chi connectivity index (χ3v) is 7.00. The normalized spacial score (nSPS) is 24.3. The molecule has 2 saturated heterocycles. The number of amides is 2. The number of rotatable bonds is 7. The molecule has 0 aromatic heterocycles. The van der Waals surface area contributed by atoms with Crippen LogP contribution in [0, 0.1) is 5.92 Å². The van der Waals surface area contributed by atoms with E-state index >= 15 is 0 Å². The van der Waals surface area contributed by atoms with E-state index in [1.807, 2.05) is 30.3 Å². The first-order valence-corrected chi connectivity index (χ1v) is 11.0. The molecule has 8 heteroatoms. The molecule has 7 nitrogen and oxygen atoms in total. The minimum absolute atomic E-state index is 0.0110. The first kappa shape index (κ1) is 19.8. The molecule has 2 atom stereocenters. The van der Waals surface area contributed by atoms with E-state index in [1.165, 1.54) is 0 Å². The zero-order valence-corrected chi connectivity index (χ0v) is 16.4. The number of methoxy groups -OCH3 is 1. The van der Waals surface area contributed by atoms with Crippen LogP contribution in [0.1, 0.15) is 18.4 Å². The van der Waals surface area contributed by atoms with Crippen LogP contribution in [0.15, 0.2) is 30.3 Å². The summed E-state index contributed by atoms with van der Waals surface area (Å²) in [6.07, 6.45) is 0.611. The summed E-state index contributed by atoms with van der Waals surface area (Å²) in [6, 6.07) is 9.41. The summed E-state index contributed by atoms with van der Waals surface area (Å²) in [5, 5.41) is 0. The van der Waals surface area contributed by atoms with Crippen molar-refractivity contribution in [3.63, 3.8) is 0 Å². The van der Waals surface area contributed by atoms with Crippen molar-refractivity contribution in [3.8, 4) is 0 Å². The second kappa shape index (κ2) is 8.39. The first-order valence-electron chi connectivity index (χ1n) is 9.21. The number of sulfone groups is 1. The highest BCUT2D eigenvalue weighted by atomic mass is 32.2. The highest BCUT2D eigenvalue weighted by Crippen LogP contribution is 2.27. The molecule has 0 bridgehead atoms. The monoisotopic (exact) mass is 394 g/mol. The molecule has 0 spiro atoms. The van der Waals surface area contributed by atoms with E-state index in [9.17, 15) is 18.0 Å². The van der Waals surface area contributed by atoms with Crippen LogP contribution in [0.5, 0.6) is 0 Å². The van der Waals surface area contributed by atoms with Crippen LogP contribution in [0.3, 0.4) is 0 Å². The van der Waals surface area contributed by atoms with Gasteiger partial charge in [0.15, 0.2) is 9.84 Å². The third-order valence-electron chi connectivity index (χ3n) is 5.25. The summed E-state index contributed by atoms with van der Waals surface area (Å²) in [5.41, 5.74) is 1.02. The number of hydrogen-bond acceptors (Lipinski definition) is 5. The fraction of sp³-hybridized carbons (Fsp3) is 0.579. The molecule has 3 rings (SSSR count). The van der Waals surface area contributed by atoms with Gasteiger partial charge in [0.05, 0.1) is 24.0 Å². The maximum Gasteiger partial charge on any atom is 0.228 e. The van der Waals surface area contributed by atoms with Gasteiger partial charge in [0.2, 0.25) is 11.8 Å². The number of hydrogen-bond donors (Lipinski definition) is 0. The minimum atomic E-state index is -3.07. The van der Waals surface area contributed by atoms with Gasteiger partial charge in [-0.05, 0) is 12.0 Å². The quantitative estimate of drug-likeness (QED) is 0.680. The van der Waals surface area contributed by atoms with Gasteiger partial charge in [0, 0.05) is 39.2 Å². The van der Waals surface area contributed by atoms with Crippen molar-refractivity contribution < 1.29 is 22.7 Å². The molecule has 2 heterocycles. The van der Waals surface area contributed by atoms with Crippen LogP contribution in [0.4, 0.5) is 0 Å². The number of benzene rings is 1. The van der Waals surface area contributed by atoms with E-state index in [4.69, 9.17) is 4.74 Å². The number of likely N-dealkylation sites (tertiary alicyclic amines) is 1. The summed E-state index contributed by atoms with van der Waals surface area (Å²) in [6.45, 7) is 1.64. The van der Waals surface area contributed by atoms with Crippen LogP contribution in [0.25, 0.3) is 0 Å². The van der Waals surface area contributed by atoms with Crippen molar-refractivity contribution in [2.24, 2.45) is 5.92 Å². The van der Waals surface area contributed by atoms with Crippen molar-refractivity contribution in [1.29, 1.82) is 0 Å². The minimum Gasteiger partial charge on any atom is -0.383 e. The lowest BCUT2D eigenvalue weighted by Crippen LogP contribution is -2.41. The maximum absolute atomic E-state index is 13.1. The smallest absolute Gasteiger partial charge is 0.228 e. The van der Waals surface area contributed by atoms with Gasteiger partial charge < -0.3 is 14.5 Å². The molecule has 1 aromatic rings. The molecular weight excluding hydrogens is 368 g/mol. The Hall–Kier alpha value is -1.93. The van der Waals surface area contributed by atoms with Crippen LogP contribution in [-0.2, 0) is 30.7 Å². The molecule has 0 saturated carbocycles. The number of carbonyl (C=O) groups is 2. The van der Waals surface area contributed by atoms with Crippen molar-refractivity contribution in [2.45, 2.75) is 25.4 Å². The van der Waals surface area contributed by atoms with Crippen LogP contribution >= 0.6 is 0 Å². The van der Waals surface area contributed by atoms with Crippen LogP contribution in [-0.4, -0.2) is 74.4 Å². The zero-order valence-electron chi connectivity index (χ0n) is 15.5. The molecule has 1 aromatic carbocycles. The van der Waals surface area contributed by atoms with E-state index in [0.717, 1.165) is 5.56 Å². The Morgan fingerprint density at radius 3 is 2.67 bits per heavy atom. The average Bonchev–Trinajstić information content (AvgIpc) is 3.20. The van der Waals surface area contributed by atoms with Crippen molar-refractivity contribution in [2.75, 3.05) is 38.3 Å². The largest absolute Gasteiger partial charge is 0.383 e. The number of nitrogens with zero attached hydrogens (tertiary/aromatic N) is 2. The Morgan fingerprint density at radius 2 is 2.04 bits per heavy atom. The molecule has 0 N–H and O–H groups in total. The Labute approximate surface area is 160 Å². The molecule has 2 amide bonds. The topological polar surface area (TPSA) is 84.0 Å². The lowest BCUT2D eigenvalue weighted by atomic mass is 10.1. The molecular formula is C19H26N2O5S. The predicted octanol–water partition coefficient (Wildman–Crippen LogP) is 0.697. The van der Waals surface area contributed by atoms with Gasteiger partial charge in [-0.2, -0.15) is 0 Å². The van der Waals surface area contributed by atoms with Gasteiger partial charge in [0.25, 0.3) is 0 Å². The molecule has 148 valence electrons. The molecule has 0 unspecified atom stereocenters. The molecule has 0 radical (unpaired) electrons. The fourth-order valence-corrected chi connectivity index (χ4v) is 5.53. The Kier molecular flexibility index (Phi) is 6.16. The van der Waals surface area contributed by atoms with Crippen LogP contribution < -0.4 is 0 Å². The summed E-state index contributed by atoms with van der Waals surface area (Å²) in [4.78, 5) is 28.8. The number of carbonyl (C=O) groups excluding carboxylic acids is 2. The standard InChI is InChI=1S/C19H26N2O5S/c1-26-9-8-20(12-15-5-3-2-4-6-15)19(23)16-11-18(22)21(13-16)17-7-10-27(24,25)14-17/h2-6,16-17H,7-14H2,1H3/t16-,17-/m0/s1. The maximum atomic E-state index is 13.1. The first-order chi connectivity index (χ1) is 12.9. The predicted molar refractivity (Wildman–Crippen MR) is 101 cm³/mol. The molecule has 2 aliphatic rings. The lowest BCUT2D eigenvalue weighted by molar-refractivity contribution is -0.137. The molecule has 27 heavy (non-hydrogen) atoms. The van der Waals surface area contributed by atoms with Crippen molar-refractivity contribution >= 4 is 21.7 Å². The average molecular weight is 394 g/mol. The molecule has 0 aliphatic carbocycles. The van der Waals surface area contributed by atoms with E-state index < -0.39 is 15.8 Å². The second-order valence-electron chi connectivity index (χ2n) is 7.24. The molecule has 2 fully saturated rings. The van der Waals surface area contributed by atoms with E-state index in [-0.39, 0.29) is 35.8 Å². The van der Waals surface area contributed by atoms with E-state index in [0.29, 0.717) is 32.7 Å². The third kappa shape index (κ3) is 4.87. The van der Waals surface area contributed by atoms with Crippen molar-refractivity contribution in [1.82, 2.24) is 9.80 Å². The summed E-state index contributed by atoms with van der Waals surface area (Å²) < 4.78 is 28.6. The highest BCUT2D eigenvalue weighted by molar-refractivity contribution is 7.91. The van der Waals surface area contributed by atoms with E-state index in [2.05, 4.69) is 0 Å². The zero-order chi connectivity index (χ0) is 19.4. The summed E-state index contributed by atoms with van der Waals surface area (Å²) in [5.74, 6) is -0.499. The molecule has 2 aliphatic heterocycles. The van der Waals surface area contributed by atoms with Gasteiger partial charge in [-0.1, -0.05) is 30.3 Å². The van der Waals surface area contributed by atoms with Gasteiger partial charge in [-0.15, -0.1) is 0 Å². The second-order valence-corrected chi connectivity index (χ2v) is 9.47. The van der Waals surface area contributed by atoms with Gasteiger partial charge in [-0.25, -0.2) is 8.42 Å². The SMILES string of the molecule is COCCN(Cc1ccccc1)C(=O)[C@H]1CC(=O)N([C@H]2CCS(=O)(=O)C2)C1. The van der Waals surface area contributed by atoms with Crippen molar-refractivity contribution in [3.05, 3.63) is 35.9 Å². The van der Waals surface area contributed by atoms with Gasteiger partial charge in [-0.3, -0.25) is 9.59 Å². The van der Waals surface area contributed by atoms with Crippen LogP contribution in [0.2, 0.25) is 0 Å². The van der Waals surface area contributed by atoms with Gasteiger partial charge >= 0.3 is 0 Å². The lowest BCUT2D eigenvalue weighted by Gasteiger charge is -2.27. The Balaban J connectivity index is 1.67. The Morgan fingerprint density at radius 1 is 1.30 bits per heavy atom. The van der Waals surface area contributed by atoms with E-state index in [1.54, 1.807) is 16.9 Å². The fourth-order valence-electron chi connectivity index (χ4n) is 3.80. The number of ether oxygens (including phenoxy) is 1. The Bertz CT molecular complexity index is 781. The van der Waals surface area contributed by atoms with Gasteiger partial charge in [0.1, 0.15) is 0 Å². The summed E-state index contributed by atoms with van der Waals surface area (Å²) in [7, 11) is -1.48. The summed E-state index contributed by atoms with van der Waals surface area (Å²) >= 11 is 0.